The first-order valence-electron chi connectivity index (χ1n) is 7.07. The fourth-order valence-corrected chi connectivity index (χ4v) is 2.43. The molecule has 1 aromatic rings. The highest BCUT2D eigenvalue weighted by molar-refractivity contribution is 5.32. The molecule has 2 rings (SSSR count). The van der Waals surface area contributed by atoms with Gasteiger partial charge in [0.05, 0.1) is 18.6 Å². The van der Waals surface area contributed by atoms with E-state index in [-0.39, 0.29) is 5.41 Å². The summed E-state index contributed by atoms with van der Waals surface area (Å²) in [5, 5.41) is 3.55. The topological polar surface area (TPSA) is 21.3 Å². The van der Waals surface area contributed by atoms with Crippen molar-refractivity contribution >= 4 is 0 Å². The minimum absolute atomic E-state index is 0.203. The summed E-state index contributed by atoms with van der Waals surface area (Å²) in [4.78, 5) is 0. The lowest BCUT2D eigenvalue weighted by Crippen LogP contribution is -2.54. The molecule has 1 aliphatic heterocycles. The maximum Gasteiger partial charge on any atom is 0.0598 e. The van der Waals surface area contributed by atoms with Crippen LogP contribution in [0.1, 0.15) is 38.3 Å². The van der Waals surface area contributed by atoms with Crippen molar-refractivity contribution in [2.45, 2.75) is 45.1 Å². The summed E-state index contributed by atoms with van der Waals surface area (Å²) in [6.45, 7) is 9.31. The normalized spacial score (nSPS) is 17.8. The van der Waals surface area contributed by atoms with Crippen LogP contribution in [0.4, 0.5) is 0 Å². The minimum Gasteiger partial charge on any atom is -0.379 e. The van der Waals surface area contributed by atoms with Crippen LogP contribution in [0.2, 0.25) is 0 Å². The second-order valence-corrected chi connectivity index (χ2v) is 5.76. The molecular formula is C16H25NO. The number of hydrogen-bond donors (Lipinski definition) is 1. The average Bonchev–Trinajstić information content (AvgIpc) is 2.30. The minimum atomic E-state index is 0.203. The number of hydrogen-bond acceptors (Lipinski definition) is 2. The maximum atomic E-state index is 5.46. The summed E-state index contributed by atoms with van der Waals surface area (Å²) < 4.78 is 5.46. The summed E-state index contributed by atoms with van der Waals surface area (Å²) in [6, 6.07) is 9.65. The molecule has 0 bridgehead atoms. The molecule has 0 aromatic heterocycles. The number of benzene rings is 1. The average molecular weight is 247 g/mol. The zero-order chi connectivity index (χ0) is 13.0. The molecule has 0 aliphatic carbocycles. The molecule has 1 heterocycles. The van der Waals surface area contributed by atoms with Gasteiger partial charge in [-0.25, -0.2) is 0 Å². The van der Waals surface area contributed by atoms with Crippen LogP contribution in [0.3, 0.4) is 0 Å². The SMILES string of the molecule is CCCc1ccc(C2(CNC(C)C)COC2)cc1. The quantitative estimate of drug-likeness (QED) is 0.834. The summed E-state index contributed by atoms with van der Waals surface area (Å²) in [5.74, 6) is 0. The third kappa shape index (κ3) is 2.93. The third-order valence-corrected chi connectivity index (χ3v) is 3.71. The summed E-state index contributed by atoms with van der Waals surface area (Å²) in [5.41, 5.74) is 3.06. The molecule has 1 aliphatic rings. The molecule has 0 atom stereocenters. The molecular weight excluding hydrogens is 222 g/mol. The molecule has 18 heavy (non-hydrogen) atoms. The monoisotopic (exact) mass is 247 g/mol. The van der Waals surface area contributed by atoms with Crippen LogP contribution in [-0.4, -0.2) is 25.8 Å². The fraction of sp³-hybridized carbons (Fsp3) is 0.625. The van der Waals surface area contributed by atoms with E-state index in [1.807, 2.05) is 0 Å². The first-order chi connectivity index (χ1) is 8.66. The largest absolute Gasteiger partial charge is 0.379 e. The van der Waals surface area contributed by atoms with Gasteiger partial charge in [0.2, 0.25) is 0 Å². The predicted molar refractivity (Wildman–Crippen MR) is 76.1 cm³/mol. The van der Waals surface area contributed by atoms with E-state index in [4.69, 9.17) is 4.74 Å². The van der Waals surface area contributed by atoms with E-state index in [1.165, 1.54) is 24.0 Å². The van der Waals surface area contributed by atoms with Crippen molar-refractivity contribution in [2.75, 3.05) is 19.8 Å². The third-order valence-electron chi connectivity index (χ3n) is 3.71. The lowest BCUT2D eigenvalue weighted by atomic mass is 9.78. The van der Waals surface area contributed by atoms with Crippen molar-refractivity contribution < 1.29 is 4.74 Å². The van der Waals surface area contributed by atoms with E-state index in [0.717, 1.165) is 19.8 Å². The van der Waals surface area contributed by atoms with Gasteiger partial charge < -0.3 is 10.1 Å². The molecule has 1 N–H and O–H groups in total. The molecule has 0 spiro atoms. The van der Waals surface area contributed by atoms with Gasteiger partial charge in [-0.05, 0) is 17.5 Å². The first-order valence-corrected chi connectivity index (χ1v) is 7.07. The van der Waals surface area contributed by atoms with Gasteiger partial charge in [0.25, 0.3) is 0 Å². The number of ether oxygens (including phenoxy) is 1. The molecule has 2 nitrogen and oxygen atoms in total. The Labute approximate surface area is 111 Å². The van der Waals surface area contributed by atoms with Crippen molar-refractivity contribution in [1.82, 2.24) is 5.32 Å². The molecule has 0 unspecified atom stereocenters. The predicted octanol–water partition coefficient (Wildman–Crippen LogP) is 2.91. The Morgan fingerprint density at radius 2 is 1.89 bits per heavy atom. The Morgan fingerprint density at radius 3 is 2.33 bits per heavy atom. The van der Waals surface area contributed by atoms with E-state index >= 15 is 0 Å². The van der Waals surface area contributed by atoms with Gasteiger partial charge in [0, 0.05) is 12.6 Å². The van der Waals surface area contributed by atoms with Gasteiger partial charge in [-0.15, -0.1) is 0 Å². The molecule has 2 heteroatoms. The van der Waals surface area contributed by atoms with Crippen LogP contribution in [0.25, 0.3) is 0 Å². The highest BCUT2D eigenvalue weighted by Crippen LogP contribution is 2.32. The highest BCUT2D eigenvalue weighted by atomic mass is 16.5. The molecule has 0 saturated carbocycles. The molecule has 1 saturated heterocycles. The van der Waals surface area contributed by atoms with Crippen molar-refractivity contribution in [3.8, 4) is 0 Å². The van der Waals surface area contributed by atoms with Crippen LogP contribution in [0.15, 0.2) is 24.3 Å². The Balaban J connectivity index is 2.07. The first kappa shape index (κ1) is 13.6. The van der Waals surface area contributed by atoms with Crippen molar-refractivity contribution in [3.63, 3.8) is 0 Å². The maximum absolute atomic E-state index is 5.46. The van der Waals surface area contributed by atoms with E-state index in [9.17, 15) is 0 Å². The van der Waals surface area contributed by atoms with Crippen LogP contribution < -0.4 is 5.32 Å². The van der Waals surface area contributed by atoms with Crippen LogP contribution in [0, 0.1) is 0 Å². The molecule has 0 radical (unpaired) electrons. The summed E-state index contributed by atoms with van der Waals surface area (Å²) in [6.07, 6.45) is 2.39. The molecule has 100 valence electrons. The number of rotatable bonds is 6. The van der Waals surface area contributed by atoms with E-state index in [1.54, 1.807) is 0 Å². The smallest absolute Gasteiger partial charge is 0.0598 e. The van der Waals surface area contributed by atoms with Gasteiger partial charge in [0.1, 0.15) is 0 Å². The van der Waals surface area contributed by atoms with E-state index < -0.39 is 0 Å². The van der Waals surface area contributed by atoms with E-state index in [0.29, 0.717) is 6.04 Å². The summed E-state index contributed by atoms with van der Waals surface area (Å²) in [7, 11) is 0. The zero-order valence-corrected chi connectivity index (χ0v) is 11.8. The molecule has 1 aromatic carbocycles. The summed E-state index contributed by atoms with van der Waals surface area (Å²) >= 11 is 0. The van der Waals surface area contributed by atoms with Crippen LogP contribution in [-0.2, 0) is 16.6 Å². The molecule has 0 amide bonds. The number of aryl methyl sites for hydroxylation is 1. The van der Waals surface area contributed by atoms with Gasteiger partial charge >= 0.3 is 0 Å². The van der Waals surface area contributed by atoms with Gasteiger partial charge in [-0.2, -0.15) is 0 Å². The second-order valence-electron chi connectivity index (χ2n) is 5.76. The Hall–Kier alpha value is -0.860. The Kier molecular flexibility index (Phi) is 4.41. The Bertz CT molecular complexity index is 365. The fourth-order valence-electron chi connectivity index (χ4n) is 2.43. The van der Waals surface area contributed by atoms with Crippen LogP contribution >= 0.6 is 0 Å². The zero-order valence-electron chi connectivity index (χ0n) is 11.8. The highest BCUT2D eigenvalue weighted by Gasteiger charge is 2.40. The lowest BCUT2D eigenvalue weighted by Gasteiger charge is -2.42. The standard InChI is InChI=1S/C16H25NO/c1-4-5-14-6-8-15(9-7-14)16(11-18-12-16)10-17-13(2)3/h6-9,13,17H,4-5,10-12H2,1-3H3. The van der Waals surface area contributed by atoms with Crippen molar-refractivity contribution in [3.05, 3.63) is 35.4 Å². The Morgan fingerprint density at radius 1 is 1.22 bits per heavy atom. The second kappa shape index (κ2) is 5.85. The molecule has 1 fully saturated rings. The van der Waals surface area contributed by atoms with Crippen LogP contribution in [0.5, 0.6) is 0 Å². The van der Waals surface area contributed by atoms with Gasteiger partial charge in [-0.3, -0.25) is 0 Å². The van der Waals surface area contributed by atoms with Crippen molar-refractivity contribution in [2.24, 2.45) is 0 Å². The van der Waals surface area contributed by atoms with Gasteiger partial charge in [-0.1, -0.05) is 51.5 Å². The number of nitrogens with one attached hydrogen (secondary N) is 1. The lowest BCUT2D eigenvalue weighted by molar-refractivity contribution is -0.0597. The van der Waals surface area contributed by atoms with Crippen molar-refractivity contribution in [1.29, 1.82) is 0 Å². The van der Waals surface area contributed by atoms with Gasteiger partial charge in [0.15, 0.2) is 0 Å². The van der Waals surface area contributed by atoms with E-state index in [2.05, 4.69) is 50.4 Å².